The normalized spacial score (nSPS) is 22.4. The van der Waals surface area contributed by atoms with Crippen molar-refractivity contribution in [2.45, 2.75) is 23.1 Å². The van der Waals surface area contributed by atoms with Crippen LogP contribution in [0.4, 0.5) is 0 Å². The molecule has 8 heteroatoms. The maximum absolute atomic E-state index is 13.7. The number of aliphatic carboxylic acids is 1. The topological polar surface area (TPSA) is 110 Å². The maximum atomic E-state index is 13.7. The van der Waals surface area contributed by atoms with Crippen molar-refractivity contribution in [1.29, 1.82) is 0 Å². The summed E-state index contributed by atoms with van der Waals surface area (Å²) in [5, 5.41) is 10.6. The summed E-state index contributed by atoms with van der Waals surface area (Å²) in [5.41, 5.74) is 5.13. The Morgan fingerprint density at radius 1 is 1.27 bits per heavy atom. The number of nitrogens with two attached hydrogens (primary N) is 1. The van der Waals surface area contributed by atoms with Crippen molar-refractivity contribution in [3.63, 3.8) is 0 Å². The van der Waals surface area contributed by atoms with Crippen LogP contribution in [0.3, 0.4) is 0 Å². The average molecular weight is 443 g/mol. The Kier molecular flexibility index (Phi) is 7.02. The van der Waals surface area contributed by atoms with Crippen LogP contribution < -0.4 is 5.73 Å². The van der Waals surface area contributed by atoms with Gasteiger partial charge in [0, 0.05) is 11.6 Å². The first-order valence-electron chi connectivity index (χ1n) is 9.32. The lowest BCUT2D eigenvalue weighted by molar-refractivity contribution is -0.138. The fourth-order valence-corrected chi connectivity index (χ4v) is 5.09. The summed E-state index contributed by atoms with van der Waals surface area (Å²) in [6.45, 7) is 0. The first-order valence-corrected chi connectivity index (χ1v) is 11.5. The molecule has 1 aliphatic rings. The Balaban J connectivity index is 2.09. The Bertz CT molecular complexity index is 972. The quantitative estimate of drug-likeness (QED) is 0.574. The van der Waals surface area contributed by atoms with E-state index in [1.165, 1.54) is 23.1 Å². The van der Waals surface area contributed by atoms with Gasteiger partial charge in [-0.2, -0.15) is 11.8 Å². The number of thioether (sulfide) groups is 1. The van der Waals surface area contributed by atoms with Gasteiger partial charge in [-0.05, 0) is 18.2 Å². The lowest BCUT2D eigenvalue weighted by Crippen LogP contribution is -2.48. The van der Waals surface area contributed by atoms with Crippen LogP contribution in [-0.2, 0) is 15.0 Å². The van der Waals surface area contributed by atoms with Gasteiger partial charge in [0.25, 0.3) is 0 Å². The molecule has 0 spiro atoms. The third-order valence-corrected chi connectivity index (χ3v) is 6.98. The van der Waals surface area contributed by atoms with Gasteiger partial charge in [-0.15, -0.1) is 11.3 Å². The van der Waals surface area contributed by atoms with Crippen LogP contribution in [0.5, 0.6) is 0 Å². The molecule has 0 saturated heterocycles. The van der Waals surface area contributed by atoms with Crippen LogP contribution in [0.2, 0.25) is 0 Å². The molecule has 156 valence electrons. The van der Waals surface area contributed by atoms with Crippen LogP contribution in [0, 0.1) is 5.92 Å². The molecule has 1 aromatic carbocycles. The number of thiazole rings is 1. The summed E-state index contributed by atoms with van der Waals surface area (Å²) in [6, 6.07) is 7.99. The minimum absolute atomic E-state index is 0.0142. The van der Waals surface area contributed by atoms with Gasteiger partial charge >= 0.3 is 5.97 Å². The van der Waals surface area contributed by atoms with E-state index in [1.54, 1.807) is 42.1 Å². The van der Waals surface area contributed by atoms with Crippen LogP contribution >= 0.6 is 23.1 Å². The zero-order valence-corrected chi connectivity index (χ0v) is 17.9. The molecule has 6 nitrogen and oxygen atoms in total. The highest BCUT2D eigenvalue weighted by Crippen LogP contribution is 2.43. The van der Waals surface area contributed by atoms with Gasteiger partial charge in [0.15, 0.2) is 10.8 Å². The average Bonchev–Trinajstić information content (AvgIpc) is 3.31. The molecular weight excluding hydrogens is 420 g/mol. The van der Waals surface area contributed by atoms with Gasteiger partial charge in [0.2, 0.25) is 5.78 Å². The van der Waals surface area contributed by atoms with Crippen LogP contribution in [0.15, 0.2) is 66.2 Å². The summed E-state index contributed by atoms with van der Waals surface area (Å²) in [6.07, 6.45) is 10.3. The van der Waals surface area contributed by atoms with Crippen LogP contribution in [0.25, 0.3) is 0 Å². The van der Waals surface area contributed by atoms with Crippen molar-refractivity contribution in [2.24, 2.45) is 11.7 Å². The predicted octanol–water partition coefficient (Wildman–Crippen LogP) is 3.11. The minimum Gasteiger partial charge on any atom is -0.480 e. The van der Waals surface area contributed by atoms with E-state index in [0.717, 1.165) is 0 Å². The van der Waals surface area contributed by atoms with Gasteiger partial charge in [-0.25, -0.2) is 4.98 Å². The van der Waals surface area contributed by atoms with Gasteiger partial charge in [-0.3, -0.25) is 14.4 Å². The number of nitrogens with zero attached hydrogens (tertiary/aromatic N) is 1. The van der Waals surface area contributed by atoms with Gasteiger partial charge < -0.3 is 10.8 Å². The molecule has 2 aromatic rings. The van der Waals surface area contributed by atoms with Gasteiger partial charge in [-0.1, -0.05) is 54.6 Å². The molecule has 0 amide bonds. The Morgan fingerprint density at radius 3 is 2.60 bits per heavy atom. The number of benzene rings is 1. The second-order valence-corrected chi connectivity index (χ2v) is 8.87. The summed E-state index contributed by atoms with van der Waals surface area (Å²) in [5.74, 6) is -2.45. The second-order valence-electron chi connectivity index (χ2n) is 6.93. The molecule has 1 heterocycles. The zero-order chi connectivity index (χ0) is 21.7. The third-order valence-electron chi connectivity index (χ3n) is 5.21. The summed E-state index contributed by atoms with van der Waals surface area (Å²) in [7, 11) is 0. The Hall–Kier alpha value is -2.55. The zero-order valence-electron chi connectivity index (χ0n) is 16.3. The molecule has 4 atom stereocenters. The van der Waals surface area contributed by atoms with Gasteiger partial charge in [0.1, 0.15) is 6.04 Å². The molecule has 0 saturated carbocycles. The number of Topliss-reactive ketones (excluding diaryl/α,β-unsaturated/α-hetero) is 2. The van der Waals surface area contributed by atoms with Crippen molar-refractivity contribution in [2.75, 3.05) is 6.26 Å². The number of carboxylic acid groups (broad SMARTS) is 1. The standard InChI is InChI=1S/C22H22N2O4S2/c1-29-17(13-16(23)21(27)28)18(25)15-9-5-6-10-22(15,14-7-3-2-4-8-14)19(26)20-24-11-12-30-20/h2-12,15-17H,13,23H2,1H3,(H,27,28)/t15?,16-,17?,22?/m0/s1. The van der Waals surface area contributed by atoms with Crippen molar-refractivity contribution in [3.8, 4) is 0 Å². The largest absolute Gasteiger partial charge is 0.480 e. The number of hydrogen-bond donors (Lipinski definition) is 2. The van der Waals surface area contributed by atoms with E-state index in [0.29, 0.717) is 10.6 Å². The number of hydrogen-bond acceptors (Lipinski definition) is 7. The number of allylic oxidation sites excluding steroid dienone is 4. The second kappa shape index (κ2) is 9.51. The lowest BCUT2D eigenvalue weighted by Gasteiger charge is -2.38. The highest BCUT2D eigenvalue weighted by Gasteiger charge is 2.50. The van der Waals surface area contributed by atoms with Crippen molar-refractivity contribution >= 4 is 40.6 Å². The summed E-state index contributed by atoms with van der Waals surface area (Å²) >= 11 is 2.47. The van der Waals surface area contributed by atoms with E-state index in [9.17, 15) is 19.5 Å². The van der Waals surface area contributed by atoms with Crippen LogP contribution in [0.1, 0.15) is 21.8 Å². The fourth-order valence-electron chi connectivity index (χ4n) is 3.67. The predicted molar refractivity (Wildman–Crippen MR) is 119 cm³/mol. The molecule has 0 radical (unpaired) electrons. The molecule has 3 rings (SSSR count). The maximum Gasteiger partial charge on any atom is 0.320 e. The SMILES string of the molecule is CSC(C[C@H](N)C(=O)O)C(=O)C1C=CC=CC1(C(=O)c1nccs1)c1ccccc1. The molecule has 1 aromatic heterocycles. The fraction of sp³-hybridized carbons (Fsp3) is 0.273. The molecule has 0 aliphatic heterocycles. The van der Waals surface area contributed by atoms with Crippen LogP contribution in [-0.4, -0.2) is 45.2 Å². The highest BCUT2D eigenvalue weighted by atomic mass is 32.2. The molecule has 3 N–H and O–H groups in total. The van der Waals surface area contributed by atoms with Gasteiger partial charge in [0.05, 0.1) is 16.6 Å². The number of aromatic nitrogens is 1. The first-order chi connectivity index (χ1) is 14.4. The first kappa shape index (κ1) is 22.1. The molecule has 1 aliphatic carbocycles. The molecule has 3 unspecified atom stereocenters. The molecular formula is C22H22N2O4S2. The Morgan fingerprint density at radius 2 is 2.00 bits per heavy atom. The number of carbonyl (C=O) groups excluding carboxylic acids is 2. The van der Waals surface area contributed by atoms with Crippen molar-refractivity contribution < 1.29 is 19.5 Å². The minimum atomic E-state index is -1.26. The number of rotatable bonds is 9. The number of carbonyl (C=O) groups is 3. The van der Waals surface area contributed by atoms with E-state index in [4.69, 9.17) is 5.73 Å². The lowest BCUT2D eigenvalue weighted by atomic mass is 9.63. The van der Waals surface area contributed by atoms with E-state index < -0.39 is 28.6 Å². The highest BCUT2D eigenvalue weighted by molar-refractivity contribution is 7.99. The third kappa shape index (κ3) is 4.16. The molecule has 30 heavy (non-hydrogen) atoms. The van der Waals surface area contributed by atoms with Crippen molar-refractivity contribution in [3.05, 3.63) is 76.8 Å². The summed E-state index contributed by atoms with van der Waals surface area (Å²) in [4.78, 5) is 42.8. The smallest absolute Gasteiger partial charge is 0.320 e. The van der Waals surface area contributed by atoms with E-state index in [-0.39, 0.29) is 18.0 Å². The van der Waals surface area contributed by atoms with E-state index >= 15 is 0 Å². The monoisotopic (exact) mass is 442 g/mol. The molecule has 0 bridgehead atoms. The molecule has 0 fully saturated rings. The number of carboxylic acids is 1. The number of ketones is 2. The Labute approximate surface area is 182 Å². The van der Waals surface area contributed by atoms with E-state index in [2.05, 4.69) is 4.98 Å². The van der Waals surface area contributed by atoms with E-state index in [1.807, 2.05) is 30.3 Å². The van der Waals surface area contributed by atoms with Crippen molar-refractivity contribution in [1.82, 2.24) is 4.98 Å². The summed E-state index contributed by atoms with van der Waals surface area (Å²) < 4.78 is 0.